The average molecular weight is 235 g/mol. The maximum atomic E-state index is 5.58. The van der Waals surface area contributed by atoms with E-state index in [9.17, 15) is 0 Å². The number of nitrogens with one attached hydrogen (secondary N) is 1. The molecule has 0 saturated heterocycles. The van der Waals surface area contributed by atoms with Gasteiger partial charge in [-0.15, -0.1) is 0 Å². The molecule has 0 saturated carbocycles. The second kappa shape index (κ2) is 8.13. The number of hydrogen-bond donors (Lipinski definition) is 1. The summed E-state index contributed by atoms with van der Waals surface area (Å²) in [7, 11) is 2.03. The van der Waals surface area contributed by atoms with Gasteiger partial charge in [0, 0.05) is 6.04 Å². The third-order valence-corrected chi connectivity index (χ3v) is 2.95. The highest BCUT2D eigenvalue weighted by Crippen LogP contribution is 2.21. The Bertz CT molecular complexity index is 294. The number of hydrogen-bond acceptors (Lipinski definition) is 2. The Morgan fingerprint density at radius 2 is 1.82 bits per heavy atom. The summed E-state index contributed by atoms with van der Waals surface area (Å²) < 4.78 is 5.58. The van der Waals surface area contributed by atoms with Crippen molar-refractivity contribution in [2.45, 2.75) is 45.6 Å². The first-order valence-electron chi connectivity index (χ1n) is 6.71. The first kappa shape index (κ1) is 14.0. The van der Waals surface area contributed by atoms with Crippen LogP contribution < -0.4 is 10.1 Å². The van der Waals surface area contributed by atoms with E-state index in [1.165, 1.54) is 24.8 Å². The van der Waals surface area contributed by atoms with E-state index < -0.39 is 0 Å². The van der Waals surface area contributed by atoms with Crippen molar-refractivity contribution in [1.82, 2.24) is 5.32 Å². The van der Waals surface area contributed by atoms with Gasteiger partial charge in [0.2, 0.25) is 0 Å². The third kappa shape index (κ3) is 4.78. The van der Waals surface area contributed by atoms with Gasteiger partial charge in [0.1, 0.15) is 5.75 Å². The Hall–Kier alpha value is -1.02. The van der Waals surface area contributed by atoms with Crippen LogP contribution >= 0.6 is 0 Å². The Morgan fingerprint density at radius 3 is 2.35 bits per heavy atom. The number of rotatable bonds is 8. The first-order valence-corrected chi connectivity index (χ1v) is 6.71. The summed E-state index contributed by atoms with van der Waals surface area (Å²) in [6.07, 6.45) is 4.76. The standard InChI is InChI=1S/C15H25NO/c1-4-6-7-15(16-3)13-8-10-14(11-9-13)17-12-5-2/h8-11,15-16H,4-7,12H2,1-3H3. The van der Waals surface area contributed by atoms with Gasteiger partial charge in [0.05, 0.1) is 6.61 Å². The molecule has 0 aromatic heterocycles. The molecule has 2 heteroatoms. The average Bonchev–Trinajstić information content (AvgIpc) is 2.38. The van der Waals surface area contributed by atoms with Gasteiger partial charge in [0.15, 0.2) is 0 Å². The molecule has 96 valence electrons. The Labute approximate surface area is 105 Å². The molecule has 2 nitrogen and oxygen atoms in total. The van der Waals surface area contributed by atoms with Crippen molar-refractivity contribution in [2.75, 3.05) is 13.7 Å². The minimum Gasteiger partial charge on any atom is -0.494 e. The molecule has 0 heterocycles. The zero-order chi connectivity index (χ0) is 12.5. The first-order chi connectivity index (χ1) is 8.31. The van der Waals surface area contributed by atoms with Crippen molar-refractivity contribution in [3.8, 4) is 5.75 Å². The molecule has 1 unspecified atom stereocenters. The fourth-order valence-corrected chi connectivity index (χ4v) is 1.90. The lowest BCUT2D eigenvalue weighted by Crippen LogP contribution is -2.16. The quantitative estimate of drug-likeness (QED) is 0.737. The summed E-state index contributed by atoms with van der Waals surface area (Å²) in [5, 5.41) is 3.37. The molecule has 1 aromatic rings. The van der Waals surface area contributed by atoms with Gasteiger partial charge in [-0.1, -0.05) is 38.8 Å². The maximum Gasteiger partial charge on any atom is 0.119 e. The minimum atomic E-state index is 0.468. The van der Waals surface area contributed by atoms with Crippen LogP contribution in [-0.2, 0) is 0 Å². The smallest absolute Gasteiger partial charge is 0.119 e. The van der Waals surface area contributed by atoms with Gasteiger partial charge >= 0.3 is 0 Å². The molecule has 1 aromatic carbocycles. The van der Waals surface area contributed by atoms with E-state index in [0.29, 0.717) is 6.04 Å². The third-order valence-electron chi connectivity index (χ3n) is 2.95. The van der Waals surface area contributed by atoms with Gasteiger partial charge in [-0.2, -0.15) is 0 Å². The number of benzene rings is 1. The summed E-state index contributed by atoms with van der Waals surface area (Å²) in [4.78, 5) is 0. The molecule has 1 atom stereocenters. The van der Waals surface area contributed by atoms with Crippen molar-refractivity contribution in [3.05, 3.63) is 29.8 Å². The summed E-state index contributed by atoms with van der Waals surface area (Å²) in [5.41, 5.74) is 1.35. The monoisotopic (exact) mass is 235 g/mol. The van der Waals surface area contributed by atoms with E-state index in [2.05, 4.69) is 43.4 Å². The van der Waals surface area contributed by atoms with Gasteiger partial charge in [0.25, 0.3) is 0 Å². The molecule has 0 bridgehead atoms. The largest absolute Gasteiger partial charge is 0.494 e. The fourth-order valence-electron chi connectivity index (χ4n) is 1.90. The molecular formula is C15H25NO. The molecule has 1 N–H and O–H groups in total. The van der Waals surface area contributed by atoms with Crippen LogP contribution in [0.15, 0.2) is 24.3 Å². The molecule has 0 amide bonds. The Balaban J connectivity index is 2.57. The van der Waals surface area contributed by atoms with E-state index in [1.54, 1.807) is 0 Å². The number of unbranched alkanes of at least 4 members (excludes halogenated alkanes) is 1. The van der Waals surface area contributed by atoms with Crippen LogP contribution in [0.1, 0.15) is 51.1 Å². The van der Waals surface area contributed by atoms with Crippen LogP contribution in [-0.4, -0.2) is 13.7 Å². The molecule has 0 aliphatic rings. The molecular weight excluding hydrogens is 210 g/mol. The molecule has 0 spiro atoms. The van der Waals surface area contributed by atoms with E-state index in [-0.39, 0.29) is 0 Å². The lowest BCUT2D eigenvalue weighted by Gasteiger charge is -2.16. The van der Waals surface area contributed by atoms with Crippen LogP contribution in [0.2, 0.25) is 0 Å². The van der Waals surface area contributed by atoms with Crippen LogP contribution in [0.4, 0.5) is 0 Å². The van der Waals surface area contributed by atoms with Crippen LogP contribution in [0.5, 0.6) is 5.75 Å². The summed E-state index contributed by atoms with van der Waals surface area (Å²) in [6, 6.07) is 8.95. The highest BCUT2D eigenvalue weighted by molar-refractivity contribution is 5.29. The molecule has 0 fully saturated rings. The van der Waals surface area contributed by atoms with Crippen LogP contribution in [0.3, 0.4) is 0 Å². The van der Waals surface area contributed by atoms with E-state index >= 15 is 0 Å². The SMILES string of the molecule is CCCCC(NC)c1ccc(OCCC)cc1. The van der Waals surface area contributed by atoms with Gasteiger partial charge < -0.3 is 10.1 Å². The maximum absolute atomic E-state index is 5.58. The van der Waals surface area contributed by atoms with Crippen molar-refractivity contribution >= 4 is 0 Å². The Kier molecular flexibility index (Phi) is 6.71. The van der Waals surface area contributed by atoms with Crippen LogP contribution in [0.25, 0.3) is 0 Å². The molecule has 0 aliphatic heterocycles. The van der Waals surface area contributed by atoms with Crippen molar-refractivity contribution in [2.24, 2.45) is 0 Å². The van der Waals surface area contributed by atoms with Crippen molar-refractivity contribution in [1.29, 1.82) is 0 Å². The van der Waals surface area contributed by atoms with Crippen molar-refractivity contribution < 1.29 is 4.74 Å². The fraction of sp³-hybridized carbons (Fsp3) is 0.600. The zero-order valence-electron chi connectivity index (χ0n) is 11.3. The summed E-state index contributed by atoms with van der Waals surface area (Å²) >= 11 is 0. The van der Waals surface area contributed by atoms with Crippen molar-refractivity contribution in [3.63, 3.8) is 0 Å². The van der Waals surface area contributed by atoms with E-state index in [0.717, 1.165) is 18.8 Å². The highest BCUT2D eigenvalue weighted by Gasteiger charge is 2.08. The van der Waals surface area contributed by atoms with Crippen LogP contribution in [0, 0.1) is 0 Å². The second-order valence-electron chi connectivity index (χ2n) is 4.40. The highest BCUT2D eigenvalue weighted by atomic mass is 16.5. The van der Waals surface area contributed by atoms with Gasteiger partial charge in [-0.05, 0) is 37.6 Å². The topological polar surface area (TPSA) is 21.3 Å². The van der Waals surface area contributed by atoms with E-state index in [4.69, 9.17) is 4.74 Å². The predicted molar refractivity (Wildman–Crippen MR) is 73.6 cm³/mol. The molecule has 17 heavy (non-hydrogen) atoms. The second-order valence-corrected chi connectivity index (χ2v) is 4.40. The predicted octanol–water partition coefficient (Wildman–Crippen LogP) is 3.93. The van der Waals surface area contributed by atoms with Gasteiger partial charge in [-0.25, -0.2) is 0 Å². The normalized spacial score (nSPS) is 12.4. The lowest BCUT2D eigenvalue weighted by molar-refractivity contribution is 0.317. The number of ether oxygens (including phenoxy) is 1. The molecule has 1 rings (SSSR count). The molecule has 0 radical (unpaired) electrons. The minimum absolute atomic E-state index is 0.468. The van der Waals surface area contributed by atoms with Gasteiger partial charge in [-0.3, -0.25) is 0 Å². The summed E-state index contributed by atoms with van der Waals surface area (Å²) in [6.45, 7) is 5.15. The summed E-state index contributed by atoms with van der Waals surface area (Å²) in [5.74, 6) is 0.973. The molecule has 0 aliphatic carbocycles. The Morgan fingerprint density at radius 1 is 1.12 bits per heavy atom. The lowest BCUT2D eigenvalue weighted by atomic mass is 10.0. The van der Waals surface area contributed by atoms with E-state index in [1.807, 2.05) is 7.05 Å². The zero-order valence-corrected chi connectivity index (χ0v) is 11.3.